The molecule has 32 heavy (non-hydrogen) atoms. The van der Waals surface area contributed by atoms with E-state index in [0.29, 0.717) is 28.8 Å². The summed E-state index contributed by atoms with van der Waals surface area (Å²) in [7, 11) is 0. The summed E-state index contributed by atoms with van der Waals surface area (Å²) >= 11 is 0. The number of benzene rings is 2. The summed E-state index contributed by atoms with van der Waals surface area (Å²) in [5, 5.41) is 9.76. The van der Waals surface area contributed by atoms with Crippen molar-refractivity contribution in [3.63, 3.8) is 0 Å². The molecule has 0 unspecified atom stereocenters. The maximum absolute atomic E-state index is 13.2. The molecule has 162 valence electrons. The van der Waals surface area contributed by atoms with Gasteiger partial charge in [0.15, 0.2) is 5.82 Å². The predicted octanol–water partition coefficient (Wildman–Crippen LogP) is 5.16. The lowest BCUT2D eigenvalue weighted by Crippen LogP contribution is -2.19. The Balaban J connectivity index is 1.41. The Hall–Kier alpha value is -4.27. The minimum atomic E-state index is -0.482. The van der Waals surface area contributed by atoms with Gasteiger partial charge in [0.1, 0.15) is 17.9 Å². The Morgan fingerprint density at radius 2 is 1.72 bits per heavy atom. The van der Waals surface area contributed by atoms with Gasteiger partial charge in [0.25, 0.3) is 0 Å². The lowest BCUT2D eigenvalue weighted by atomic mass is 10.2. The second-order valence-electron chi connectivity index (χ2n) is 7.14. The number of amides is 2. The van der Waals surface area contributed by atoms with Crippen LogP contribution in [-0.4, -0.2) is 25.8 Å². The van der Waals surface area contributed by atoms with Crippen LogP contribution in [0.25, 0.3) is 5.82 Å². The number of rotatable bonds is 5. The first kappa shape index (κ1) is 21.0. The van der Waals surface area contributed by atoms with Crippen LogP contribution in [0.5, 0.6) is 11.6 Å². The van der Waals surface area contributed by atoms with Crippen LogP contribution in [0.15, 0.2) is 60.9 Å². The first-order valence-electron chi connectivity index (χ1n) is 9.86. The minimum Gasteiger partial charge on any atom is -0.439 e. The molecule has 0 aliphatic rings. The zero-order valence-corrected chi connectivity index (χ0v) is 17.8. The molecule has 0 saturated carbocycles. The van der Waals surface area contributed by atoms with Crippen LogP contribution in [0.3, 0.4) is 0 Å². The topological polar surface area (TPSA) is 94.0 Å². The zero-order chi connectivity index (χ0) is 22.7. The summed E-state index contributed by atoms with van der Waals surface area (Å²) in [4.78, 5) is 20.5. The Morgan fingerprint density at radius 3 is 2.41 bits per heavy atom. The van der Waals surface area contributed by atoms with Gasteiger partial charge in [-0.3, -0.25) is 0 Å². The average Bonchev–Trinajstić information content (AvgIpc) is 3.03. The molecule has 2 N–H and O–H groups in total. The number of carbonyl (C=O) groups excluding carboxylic acids is 1. The second kappa shape index (κ2) is 8.84. The Morgan fingerprint density at radius 1 is 0.969 bits per heavy atom. The monoisotopic (exact) mass is 432 g/mol. The fourth-order valence-corrected chi connectivity index (χ4v) is 3.03. The molecule has 0 aliphatic carbocycles. The van der Waals surface area contributed by atoms with Crippen molar-refractivity contribution in [3.05, 3.63) is 83.7 Å². The molecule has 9 heteroatoms. The Kier molecular flexibility index (Phi) is 5.80. The van der Waals surface area contributed by atoms with E-state index in [2.05, 4.69) is 25.7 Å². The molecule has 0 aliphatic heterocycles. The molecule has 0 saturated heterocycles. The highest BCUT2D eigenvalue weighted by molar-refractivity contribution is 5.99. The zero-order valence-electron chi connectivity index (χ0n) is 17.8. The van der Waals surface area contributed by atoms with Gasteiger partial charge in [-0.1, -0.05) is 6.07 Å². The lowest BCUT2D eigenvalue weighted by molar-refractivity contribution is 0.262. The van der Waals surface area contributed by atoms with E-state index in [4.69, 9.17) is 4.74 Å². The third-order valence-corrected chi connectivity index (χ3v) is 4.91. The molecule has 0 fully saturated rings. The van der Waals surface area contributed by atoms with Crippen molar-refractivity contribution in [1.29, 1.82) is 0 Å². The lowest BCUT2D eigenvalue weighted by Gasteiger charge is -2.10. The normalized spacial score (nSPS) is 10.6. The fraction of sp³-hybridized carbons (Fsp3) is 0.130. The molecule has 8 nitrogen and oxygen atoms in total. The number of hydrogen-bond acceptors (Lipinski definition) is 5. The summed E-state index contributed by atoms with van der Waals surface area (Å²) in [6, 6.07) is 13.7. The molecule has 2 aromatic carbocycles. The third-order valence-electron chi connectivity index (χ3n) is 4.91. The van der Waals surface area contributed by atoms with E-state index in [1.807, 2.05) is 20.8 Å². The molecular formula is C23H21FN6O2. The molecule has 0 atom stereocenters. The molecule has 2 aromatic heterocycles. The van der Waals surface area contributed by atoms with Gasteiger partial charge in [-0.05, 0) is 68.8 Å². The van der Waals surface area contributed by atoms with Crippen molar-refractivity contribution in [2.24, 2.45) is 0 Å². The molecule has 2 amide bonds. The van der Waals surface area contributed by atoms with E-state index in [9.17, 15) is 9.18 Å². The number of aromatic nitrogens is 4. The standard InChI is InChI=1S/C23H21FN6O2/c1-14-15(2)29-30(16(14)3)21-12-22(26-13-25-21)32-20-9-7-18(8-10-20)27-23(31)28-19-6-4-5-17(24)11-19/h4-13H,1-3H3,(H2,27,28,31). The molecule has 4 rings (SSSR count). The van der Waals surface area contributed by atoms with E-state index in [-0.39, 0.29) is 0 Å². The van der Waals surface area contributed by atoms with Gasteiger partial charge in [0, 0.05) is 23.1 Å². The predicted molar refractivity (Wildman–Crippen MR) is 119 cm³/mol. The molecule has 0 bridgehead atoms. The van der Waals surface area contributed by atoms with Crippen LogP contribution in [0.2, 0.25) is 0 Å². The number of hydrogen-bond donors (Lipinski definition) is 2. The van der Waals surface area contributed by atoms with Gasteiger partial charge in [-0.15, -0.1) is 0 Å². The number of aryl methyl sites for hydroxylation is 1. The summed E-state index contributed by atoms with van der Waals surface area (Å²) in [5.41, 5.74) is 3.95. The highest BCUT2D eigenvalue weighted by atomic mass is 19.1. The largest absolute Gasteiger partial charge is 0.439 e. The maximum atomic E-state index is 13.2. The summed E-state index contributed by atoms with van der Waals surface area (Å²) in [6.07, 6.45) is 1.42. The molecule has 0 radical (unpaired) electrons. The maximum Gasteiger partial charge on any atom is 0.323 e. The SMILES string of the molecule is Cc1nn(-c2cc(Oc3ccc(NC(=O)Nc4cccc(F)c4)cc3)ncn2)c(C)c1C. The first-order valence-corrected chi connectivity index (χ1v) is 9.86. The highest BCUT2D eigenvalue weighted by Gasteiger charge is 2.11. The van der Waals surface area contributed by atoms with Crippen molar-refractivity contribution in [1.82, 2.24) is 19.7 Å². The van der Waals surface area contributed by atoms with Crippen LogP contribution in [0.4, 0.5) is 20.6 Å². The number of nitrogens with one attached hydrogen (secondary N) is 2. The van der Waals surface area contributed by atoms with E-state index in [0.717, 1.165) is 17.0 Å². The van der Waals surface area contributed by atoms with Crippen molar-refractivity contribution >= 4 is 17.4 Å². The Bertz CT molecular complexity index is 1270. The number of urea groups is 1. The molecule has 4 aromatic rings. The van der Waals surface area contributed by atoms with Gasteiger partial charge in [-0.25, -0.2) is 23.8 Å². The van der Waals surface area contributed by atoms with Gasteiger partial charge >= 0.3 is 6.03 Å². The van der Waals surface area contributed by atoms with Crippen molar-refractivity contribution in [2.75, 3.05) is 10.6 Å². The van der Waals surface area contributed by atoms with Gasteiger partial charge in [0.05, 0.1) is 5.69 Å². The van der Waals surface area contributed by atoms with Crippen molar-refractivity contribution < 1.29 is 13.9 Å². The number of ether oxygens (including phenoxy) is 1. The number of nitrogens with zero attached hydrogens (tertiary/aromatic N) is 4. The molecular weight excluding hydrogens is 411 g/mol. The van der Waals surface area contributed by atoms with Gasteiger partial charge in [-0.2, -0.15) is 5.10 Å². The van der Waals surface area contributed by atoms with Crippen LogP contribution in [0, 0.1) is 26.6 Å². The summed E-state index contributed by atoms with van der Waals surface area (Å²) < 4.78 is 20.8. The van der Waals surface area contributed by atoms with Crippen LogP contribution >= 0.6 is 0 Å². The van der Waals surface area contributed by atoms with E-state index in [1.54, 1.807) is 41.1 Å². The van der Waals surface area contributed by atoms with Crippen molar-refractivity contribution in [3.8, 4) is 17.4 Å². The molecule has 2 heterocycles. The van der Waals surface area contributed by atoms with E-state index in [1.165, 1.54) is 24.5 Å². The Labute approximate surface area is 184 Å². The third kappa shape index (κ3) is 4.72. The summed E-state index contributed by atoms with van der Waals surface area (Å²) in [6.45, 7) is 5.94. The smallest absolute Gasteiger partial charge is 0.323 e. The first-order chi connectivity index (χ1) is 15.4. The number of anilines is 2. The summed E-state index contributed by atoms with van der Waals surface area (Å²) in [5.74, 6) is 1.08. The van der Waals surface area contributed by atoms with E-state index >= 15 is 0 Å². The number of carbonyl (C=O) groups is 1. The quantitative estimate of drug-likeness (QED) is 0.454. The van der Waals surface area contributed by atoms with Gasteiger partial charge in [0.2, 0.25) is 5.88 Å². The number of halogens is 1. The van der Waals surface area contributed by atoms with Crippen LogP contribution in [0.1, 0.15) is 17.0 Å². The molecule has 0 spiro atoms. The van der Waals surface area contributed by atoms with Crippen molar-refractivity contribution in [2.45, 2.75) is 20.8 Å². The minimum absolute atomic E-state index is 0.361. The van der Waals surface area contributed by atoms with Crippen LogP contribution < -0.4 is 15.4 Å². The van der Waals surface area contributed by atoms with E-state index < -0.39 is 11.8 Å². The average molecular weight is 432 g/mol. The van der Waals surface area contributed by atoms with Crippen LogP contribution in [-0.2, 0) is 0 Å². The van der Waals surface area contributed by atoms with Gasteiger partial charge < -0.3 is 15.4 Å². The fourth-order valence-electron chi connectivity index (χ4n) is 3.03. The highest BCUT2D eigenvalue weighted by Crippen LogP contribution is 2.23. The second-order valence-corrected chi connectivity index (χ2v) is 7.14.